The zero-order chi connectivity index (χ0) is 21.8. The number of aromatic nitrogens is 1. The molecular weight excluding hydrogens is 436 g/mol. The molecule has 0 amide bonds. The van der Waals surface area contributed by atoms with Gasteiger partial charge in [0.25, 0.3) is 15.2 Å². The molecule has 1 aromatic heterocycles. The lowest BCUT2D eigenvalue weighted by Gasteiger charge is -2.11. The van der Waals surface area contributed by atoms with Gasteiger partial charge in [0.2, 0.25) is 0 Å². The normalized spacial score (nSPS) is 11.4. The number of methoxy groups -OCH3 is 1. The number of anilines is 1. The van der Waals surface area contributed by atoms with Gasteiger partial charge in [-0.3, -0.25) is 9.52 Å². The van der Waals surface area contributed by atoms with Gasteiger partial charge in [0.1, 0.15) is 11.3 Å². The summed E-state index contributed by atoms with van der Waals surface area (Å²) in [6.07, 6.45) is 0. The molecule has 0 unspecified atom stereocenters. The van der Waals surface area contributed by atoms with E-state index in [0.717, 1.165) is 11.8 Å². The van der Waals surface area contributed by atoms with Crippen molar-refractivity contribution in [2.75, 3.05) is 17.6 Å². The SMILES string of the molecule is COc1ccccc1NS(=O)(=O)c1ccc2oc(SCC(=O)c3ccccc3)nc2c1. The van der Waals surface area contributed by atoms with Crippen molar-refractivity contribution in [3.8, 4) is 5.75 Å². The van der Waals surface area contributed by atoms with E-state index >= 15 is 0 Å². The molecule has 4 aromatic rings. The Kier molecular flexibility index (Phi) is 5.97. The van der Waals surface area contributed by atoms with Crippen LogP contribution < -0.4 is 9.46 Å². The van der Waals surface area contributed by atoms with Gasteiger partial charge in [0.05, 0.1) is 23.4 Å². The van der Waals surface area contributed by atoms with Gasteiger partial charge in [-0.25, -0.2) is 13.4 Å². The average molecular weight is 455 g/mol. The van der Waals surface area contributed by atoms with Gasteiger partial charge in [-0.2, -0.15) is 0 Å². The van der Waals surface area contributed by atoms with Crippen LogP contribution in [0.3, 0.4) is 0 Å². The van der Waals surface area contributed by atoms with Crippen LogP contribution in [0, 0.1) is 0 Å². The number of fused-ring (bicyclic) bond motifs is 1. The highest BCUT2D eigenvalue weighted by atomic mass is 32.2. The summed E-state index contributed by atoms with van der Waals surface area (Å²) in [7, 11) is -2.39. The summed E-state index contributed by atoms with van der Waals surface area (Å²) < 4.78 is 39.0. The topological polar surface area (TPSA) is 98.5 Å². The van der Waals surface area contributed by atoms with Crippen LogP contribution in [-0.2, 0) is 10.0 Å². The molecule has 0 fully saturated rings. The zero-order valence-corrected chi connectivity index (χ0v) is 18.1. The summed E-state index contributed by atoms with van der Waals surface area (Å²) in [5, 5.41) is 0.298. The number of nitrogens with zero attached hydrogens (tertiary/aromatic N) is 1. The molecule has 31 heavy (non-hydrogen) atoms. The van der Waals surface area contributed by atoms with Crippen LogP contribution in [0.1, 0.15) is 10.4 Å². The fraction of sp³-hybridized carbons (Fsp3) is 0.0909. The predicted octanol–water partition coefficient (Wildman–Crippen LogP) is 4.61. The number of ketones is 1. The van der Waals surface area contributed by atoms with Crippen molar-refractivity contribution in [1.82, 2.24) is 4.98 Å². The molecule has 1 N–H and O–H groups in total. The van der Waals surface area contributed by atoms with E-state index in [1.54, 1.807) is 54.6 Å². The van der Waals surface area contributed by atoms with Gasteiger partial charge in [0, 0.05) is 5.56 Å². The molecule has 158 valence electrons. The van der Waals surface area contributed by atoms with Crippen molar-refractivity contribution in [3.05, 3.63) is 78.4 Å². The minimum Gasteiger partial charge on any atom is -0.495 e. The zero-order valence-electron chi connectivity index (χ0n) is 16.4. The van der Waals surface area contributed by atoms with Crippen molar-refractivity contribution in [2.24, 2.45) is 0 Å². The molecule has 0 saturated carbocycles. The van der Waals surface area contributed by atoms with Crippen LogP contribution in [0.15, 0.2) is 87.3 Å². The second kappa shape index (κ2) is 8.83. The Hall–Kier alpha value is -3.30. The lowest BCUT2D eigenvalue weighted by Crippen LogP contribution is -2.13. The maximum atomic E-state index is 12.8. The molecule has 0 aliphatic carbocycles. The molecule has 1 heterocycles. The molecule has 9 heteroatoms. The average Bonchev–Trinajstić information content (AvgIpc) is 3.20. The van der Waals surface area contributed by atoms with Gasteiger partial charge in [0.15, 0.2) is 11.4 Å². The third-order valence-corrected chi connectivity index (χ3v) is 6.61. The van der Waals surface area contributed by atoms with E-state index < -0.39 is 10.0 Å². The van der Waals surface area contributed by atoms with Gasteiger partial charge in [-0.05, 0) is 30.3 Å². The molecule has 0 bridgehead atoms. The Balaban J connectivity index is 1.52. The van der Waals surface area contributed by atoms with Crippen LogP contribution in [-0.4, -0.2) is 32.0 Å². The van der Waals surface area contributed by atoms with E-state index in [-0.39, 0.29) is 16.4 Å². The van der Waals surface area contributed by atoms with Crippen molar-refractivity contribution >= 4 is 44.4 Å². The van der Waals surface area contributed by atoms with Crippen LogP contribution in [0.5, 0.6) is 5.75 Å². The van der Waals surface area contributed by atoms with E-state index in [2.05, 4.69) is 9.71 Å². The van der Waals surface area contributed by atoms with E-state index in [4.69, 9.17) is 9.15 Å². The third kappa shape index (κ3) is 4.73. The van der Waals surface area contributed by atoms with Crippen molar-refractivity contribution in [1.29, 1.82) is 0 Å². The van der Waals surface area contributed by atoms with Crippen molar-refractivity contribution in [3.63, 3.8) is 0 Å². The first-order valence-corrected chi connectivity index (χ1v) is 11.7. The van der Waals surface area contributed by atoms with Gasteiger partial charge < -0.3 is 9.15 Å². The number of rotatable bonds is 8. The molecule has 0 spiro atoms. The first-order valence-electron chi connectivity index (χ1n) is 9.24. The number of ether oxygens (including phenoxy) is 1. The van der Waals surface area contributed by atoms with E-state index in [0.29, 0.717) is 33.3 Å². The second-order valence-electron chi connectivity index (χ2n) is 6.49. The Bertz CT molecular complexity index is 1330. The molecule has 0 atom stereocenters. The Morgan fingerprint density at radius 3 is 2.58 bits per heavy atom. The number of sulfonamides is 1. The van der Waals surface area contributed by atoms with Crippen molar-refractivity contribution in [2.45, 2.75) is 10.1 Å². The maximum Gasteiger partial charge on any atom is 0.262 e. The number of hydrogen-bond acceptors (Lipinski definition) is 7. The number of nitrogens with one attached hydrogen (secondary N) is 1. The highest BCUT2D eigenvalue weighted by Crippen LogP contribution is 2.29. The highest BCUT2D eigenvalue weighted by Gasteiger charge is 2.19. The van der Waals surface area contributed by atoms with E-state index in [1.165, 1.54) is 19.2 Å². The number of oxazole rings is 1. The number of benzene rings is 3. The Morgan fingerprint density at radius 2 is 1.81 bits per heavy atom. The molecule has 0 saturated heterocycles. The summed E-state index contributed by atoms with van der Waals surface area (Å²) in [5.74, 6) is 0.532. The largest absolute Gasteiger partial charge is 0.495 e. The fourth-order valence-electron chi connectivity index (χ4n) is 2.88. The van der Waals surface area contributed by atoms with E-state index in [9.17, 15) is 13.2 Å². The summed E-state index contributed by atoms with van der Waals surface area (Å²) >= 11 is 1.16. The summed E-state index contributed by atoms with van der Waals surface area (Å²) in [6.45, 7) is 0. The molecule has 0 aliphatic rings. The third-order valence-electron chi connectivity index (χ3n) is 4.42. The number of carbonyl (C=O) groups is 1. The fourth-order valence-corrected chi connectivity index (χ4v) is 4.71. The minimum absolute atomic E-state index is 0.0381. The molecular formula is C22H18N2O5S2. The Morgan fingerprint density at radius 1 is 1.06 bits per heavy atom. The van der Waals surface area contributed by atoms with Crippen LogP contribution >= 0.6 is 11.8 Å². The van der Waals surface area contributed by atoms with Crippen LogP contribution in [0.2, 0.25) is 0 Å². The Labute approximate surface area is 183 Å². The maximum absolute atomic E-state index is 12.8. The standard InChI is InChI=1S/C22H18N2O5S2/c1-28-20-10-6-5-9-17(20)24-31(26,27)16-11-12-21-18(13-16)23-22(29-21)30-14-19(25)15-7-3-2-4-8-15/h2-13,24H,14H2,1H3. The molecule has 7 nitrogen and oxygen atoms in total. The van der Waals surface area contributed by atoms with E-state index in [1.807, 2.05) is 6.07 Å². The molecule has 0 aliphatic heterocycles. The summed E-state index contributed by atoms with van der Waals surface area (Å²) in [4.78, 5) is 16.6. The van der Waals surface area contributed by atoms with Gasteiger partial charge in [-0.1, -0.05) is 54.2 Å². The van der Waals surface area contributed by atoms with Crippen molar-refractivity contribution < 1.29 is 22.4 Å². The quantitative estimate of drug-likeness (QED) is 0.307. The smallest absolute Gasteiger partial charge is 0.262 e. The number of Topliss-reactive ketones (excluding diaryl/α,β-unsaturated/α-hetero) is 1. The summed E-state index contributed by atoms with van der Waals surface area (Å²) in [6, 6.07) is 20.1. The van der Waals surface area contributed by atoms with Gasteiger partial charge >= 0.3 is 0 Å². The number of carbonyl (C=O) groups excluding carboxylic acids is 1. The lowest BCUT2D eigenvalue weighted by atomic mass is 10.2. The highest BCUT2D eigenvalue weighted by molar-refractivity contribution is 7.99. The first kappa shape index (κ1) is 21.0. The number of para-hydroxylation sites is 2. The second-order valence-corrected chi connectivity index (χ2v) is 9.10. The van der Waals surface area contributed by atoms with Crippen LogP contribution in [0.4, 0.5) is 5.69 Å². The number of thioether (sulfide) groups is 1. The van der Waals surface area contributed by atoms with Crippen LogP contribution in [0.25, 0.3) is 11.1 Å². The minimum atomic E-state index is -3.86. The summed E-state index contributed by atoms with van der Waals surface area (Å²) in [5.41, 5.74) is 1.77. The first-order chi connectivity index (χ1) is 15.0. The lowest BCUT2D eigenvalue weighted by molar-refractivity contribution is 0.102. The monoisotopic (exact) mass is 454 g/mol. The van der Waals surface area contributed by atoms with Gasteiger partial charge in [-0.15, -0.1) is 0 Å². The molecule has 3 aromatic carbocycles. The molecule has 0 radical (unpaired) electrons. The molecule has 4 rings (SSSR count). The predicted molar refractivity (Wildman–Crippen MR) is 119 cm³/mol. The number of hydrogen-bond donors (Lipinski definition) is 1.